The van der Waals surface area contributed by atoms with Gasteiger partial charge in [0, 0.05) is 0 Å². The largest absolute Gasteiger partial charge is 0.516 e. The van der Waals surface area contributed by atoms with Crippen LogP contribution in [-0.2, 0) is 9.22 Å². The molecule has 0 heterocycles. The molecule has 10 heavy (non-hydrogen) atoms. The molecule has 59 valence electrons. The maximum Gasteiger partial charge on any atom is 0.402 e. The van der Waals surface area contributed by atoms with Gasteiger partial charge in [0.1, 0.15) is 0 Å². The topological polar surface area (TPSA) is 26.3 Å². The van der Waals surface area contributed by atoms with E-state index in [0.29, 0.717) is 5.92 Å². The van der Waals surface area contributed by atoms with Crippen LogP contribution in [0.1, 0.15) is 27.7 Å². The molecule has 0 N–H and O–H groups in total. The van der Waals surface area contributed by atoms with Crippen molar-refractivity contribution in [3.8, 4) is 0 Å². The van der Waals surface area contributed by atoms with Crippen LogP contribution in [0.4, 0.5) is 0 Å². The smallest absolute Gasteiger partial charge is 0.402 e. The summed E-state index contributed by atoms with van der Waals surface area (Å²) < 4.78 is 4.69. The molecule has 0 fully saturated rings. The predicted octanol–water partition coefficient (Wildman–Crippen LogP) is 1.01. The Morgan fingerprint density at radius 1 is 1.50 bits per heavy atom. The van der Waals surface area contributed by atoms with E-state index in [1.54, 1.807) is 0 Å². The van der Waals surface area contributed by atoms with Gasteiger partial charge in [-0.1, -0.05) is 27.7 Å². The van der Waals surface area contributed by atoms with Crippen molar-refractivity contribution in [3.63, 3.8) is 0 Å². The molecule has 0 atom stereocenters. The first-order valence-corrected chi connectivity index (χ1v) is 4.78. The first-order valence-electron chi connectivity index (χ1n) is 3.49. The average Bonchev–Trinajstić information content (AvgIpc) is 1.84. The molecule has 3 heteroatoms. The van der Waals surface area contributed by atoms with Crippen LogP contribution < -0.4 is 0 Å². The van der Waals surface area contributed by atoms with E-state index in [9.17, 15) is 4.79 Å². The average molecular weight is 159 g/mol. The van der Waals surface area contributed by atoms with Crippen molar-refractivity contribution in [2.75, 3.05) is 0 Å². The van der Waals surface area contributed by atoms with Gasteiger partial charge in [0.15, 0.2) is 0 Å². The van der Waals surface area contributed by atoms with E-state index >= 15 is 0 Å². The van der Waals surface area contributed by atoms with E-state index in [0.717, 1.165) is 0 Å². The molecule has 0 rings (SSSR count). The fraction of sp³-hybridized carbons (Fsp3) is 0.857. The van der Waals surface area contributed by atoms with Gasteiger partial charge in [0.05, 0.1) is 0 Å². The van der Waals surface area contributed by atoms with Crippen LogP contribution in [0.3, 0.4) is 0 Å². The summed E-state index contributed by atoms with van der Waals surface area (Å²) in [4.78, 5) is 9.76. The summed E-state index contributed by atoms with van der Waals surface area (Å²) in [5, 5.41) is 0.206. The van der Waals surface area contributed by atoms with Gasteiger partial charge in [-0.05, 0) is 11.0 Å². The zero-order valence-electron chi connectivity index (χ0n) is 7.10. The van der Waals surface area contributed by atoms with E-state index in [1.165, 1.54) is 6.47 Å². The van der Waals surface area contributed by atoms with Crippen LogP contribution in [0, 0.1) is 5.92 Å². The van der Waals surface area contributed by atoms with E-state index in [4.69, 9.17) is 4.43 Å². The molecule has 0 unspecified atom stereocenters. The lowest BCUT2D eigenvalue weighted by molar-refractivity contribution is 0.400. The second-order valence-corrected chi connectivity index (χ2v) is 5.92. The van der Waals surface area contributed by atoms with Gasteiger partial charge >= 0.3 is 6.47 Å². The SMILES string of the molecule is CC(C)C(C)(C)[SiH2]O[C]=O. The second-order valence-electron chi connectivity index (χ2n) is 3.52. The normalized spacial score (nSPS) is 12.9. The molecule has 0 saturated heterocycles. The van der Waals surface area contributed by atoms with Gasteiger partial charge in [0.25, 0.3) is 0 Å². The first-order chi connectivity index (χ1) is 4.50. The molecule has 0 amide bonds. The Morgan fingerprint density at radius 3 is 2.30 bits per heavy atom. The van der Waals surface area contributed by atoms with Crippen molar-refractivity contribution >= 4 is 16.2 Å². The minimum atomic E-state index is -0.732. The van der Waals surface area contributed by atoms with Gasteiger partial charge in [-0.3, -0.25) is 0 Å². The second kappa shape index (κ2) is 3.76. The van der Waals surface area contributed by atoms with Crippen LogP contribution in [0.2, 0.25) is 5.04 Å². The van der Waals surface area contributed by atoms with Crippen molar-refractivity contribution in [2.45, 2.75) is 32.7 Å². The number of carbonyl (C=O) groups excluding carboxylic acids is 1. The molecule has 0 saturated carbocycles. The van der Waals surface area contributed by atoms with Crippen molar-refractivity contribution < 1.29 is 9.22 Å². The molecule has 1 radical (unpaired) electrons. The fourth-order valence-electron chi connectivity index (χ4n) is 0.382. The standard InChI is InChI=1S/C7H15O2Si/c1-6(2)7(3,4)10-9-5-8/h6H,10H2,1-4H3. The van der Waals surface area contributed by atoms with Gasteiger partial charge in [-0.25, -0.2) is 4.79 Å². The van der Waals surface area contributed by atoms with Crippen LogP contribution in [0.5, 0.6) is 0 Å². The van der Waals surface area contributed by atoms with Crippen LogP contribution in [0.15, 0.2) is 0 Å². The lowest BCUT2D eigenvalue weighted by Gasteiger charge is -2.26. The van der Waals surface area contributed by atoms with Crippen molar-refractivity contribution in [3.05, 3.63) is 0 Å². The summed E-state index contributed by atoms with van der Waals surface area (Å²) in [5.41, 5.74) is 0. The first kappa shape index (κ1) is 9.69. The molecule has 2 nitrogen and oxygen atoms in total. The molecule has 0 aromatic carbocycles. The van der Waals surface area contributed by atoms with Crippen LogP contribution in [0.25, 0.3) is 0 Å². The highest BCUT2D eigenvalue weighted by Crippen LogP contribution is 2.32. The van der Waals surface area contributed by atoms with E-state index in [1.807, 2.05) is 0 Å². The van der Waals surface area contributed by atoms with Crippen molar-refractivity contribution in [1.29, 1.82) is 0 Å². The highest BCUT2D eigenvalue weighted by molar-refractivity contribution is 6.33. The molecule has 0 bridgehead atoms. The van der Waals surface area contributed by atoms with Crippen molar-refractivity contribution in [1.82, 2.24) is 0 Å². The lowest BCUT2D eigenvalue weighted by atomic mass is 9.99. The quantitative estimate of drug-likeness (QED) is 0.572. The third kappa shape index (κ3) is 3.01. The number of hydrogen-bond donors (Lipinski definition) is 0. The summed E-state index contributed by atoms with van der Waals surface area (Å²) in [6.07, 6.45) is 0. The summed E-state index contributed by atoms with van der Waals surface area (Å²) in [6, 6.07) is 0. The highest BCUT2D eigenvalue weighted by atomic mass is 28.2. The molecule has 0 aliphatic heterocycles. The summed E-state index contributed by atoms with van der Waals surface area (Å²) in [5.74, 6) is 0.576. The summed E-state index contributed by atoms with van der Waals surface area (Å²) in [7, 11) is -0.732. The van der Waals surface area contributed by atoms with Crippen LogP contribution >= 0.6 is 0 Å². The third-order valence-corrected chi connectivity index (χ3v) is 3.89. The molecule has 0 aliphatic carbocycles. The zero-order valence-corrected chi connectivity index (χ0v) is 8.52. The molecular formula is C7H15O2Si. The Labute approximate surface area is 64.9 Å². The van der Waals surface area contributed by atoms with Gasteiger partial charge in [-0.2, -0.15) is 0 Å². The highest BCUT2D eigenvalue weighted by Gasteiger charge is 2.24. The van der Waals surface area contributed by atoms with Gasteiger partial charge < -0.3 is 4.43 Å². The van der Waals surface area contributed by atoms with Gasteiger partial charge in [0.2, 0.25) is 9.76 Å². The number of hydrogen-bond acceptors (Lipinski definition) is 2. The minimum absolute atomic E-state index is 0.206. The van der Waals surface area contributed by atoms with E-state index < -0.39 is 9.76 Å². The molecule has 0 aromatic heterocycles. The maximum atomic E-state index is 9.76. The van der Waals surface area contributed by atoms with Gasteiger partial charge in [-0.15, -0.1) is 0 Å². The lowest BCUT2D eigenvalue weighted by Crippen LogP contribution is -2.21. The van der Waals surface area contributed by atoms with E-state index in [2.05, 4.69) is 27.7 Å². The molecule has 0 spiro atoms. The Kier molecular flexibility index (Phi) is 3.64. The van der Waals surface area contributed by atoms with Crippen molar-refractivity contribution in [2.24, 2.45) is 5.92 Å². The van der Waals surface area contributed by atoms with Crippen LogP contribution in [-0.4, -0.2) is 16.2 Å². The Hall–Kier alpha value is -0.313. The predicted molar refractivity (Wildman–Crippen MR) is 44.2 cm³/mol. The third-order valence-electron chi connectivity index (χ3n) is 2.07. The zero-order chi connectivity index (χ0) is 8.20. The molecule has 0 aliphatic rings. The monoisotopic (exact) mass is 159 g/mol. The Balaban J connectivity index is 3.74. The Bertz CT molecular complexity index is 110. The summed E-state index contributed by atoms with van der Waals surface area (Å²) in [6.45, 7) is 10.0. The summed E-state index contributed by atoms with van der Waals surface area (Å²) >= 11 is 0. The fourth-order valence-corrected chi connectivity index (χ4v) is 1.15. The minimum Gasteiger partial charge on any atom is -0.516 e. The van der Waals surface area contributed by atoms with E-state index in [-0.39, 0.29) is 5.04 Å². The molecular weight excluding hydrogens is 144 g/mol. The molecule has 0 aromatic rings. The Morgan fingerprint density at radius 2 is 2.00 bits per heavy atom. The number of rotatable bonds is 4. The maximum absolute atomic E-state index is 9.76.